The van der Waals surface area contributed by atoms with E-state index < -0.39 is 17.5 Å². The minimum absolute atomic E-state index is 0.128. The molecule has 0 saturated heterocycles. The van der Waals surface area contributed by atoms with Crippen LogP contribution < -0.4 is 10.6 Å². The highest BCUT2D eigenvalue weighted by atomic mass is 19.2. The molecule has 1 aromatic carbocycles. The molecule has 0 radical (unpaired) electrons. The van der Waals surface area contributed by atoms with Crippen molar-refractivity contribution in [2.75, 3.05) is 17.2 Å². The van der Waals surface area contributed by atoms with Gasteiger partial charge in [0.05, 0.1) is 5.69 Å². The van der Waals surface area contributed by atoms with Crippen molar-refractivity contribution < 1.29 is 13.2 Å². The molecule has 2 rings (SSSR count). The van der Waals surface area contributed by atoms with Crippen LogP contribution in [0.4, 0.5) is 30.4 Å². The summed E-state index contributed by atoms with van der Waals surface area (Å²) in [7, 11) is 0. The largest absolute Gasteiger partial charge is 0.370 e. The molecule has 0 unspecified atom stereocenters. The molecule has 1 aromatic heterocycles. The van der Waals surface area contributed by atoms with Crippen molar-refractivity contribution in [3.63, 3.8) is 0 Å². The Bertz CT molecular complexity index is 602. The van der Waals surface area contributed by atoms with Gasteiger partial charge in [0.2, 0.25) is 0 Å². The Kier molecular flexibility index (Phi) is 4.45. The third-order valence-electron chi connectivity index (χ3n) is 2.63. The molecule has 0 saturated carbocycles. The van der Waals surface area contributed by atoms with Crippen LogP contribution in [-0.2, 0) is 0 Å². The molecular formula is C14H14F3N3. The molecule has 0 aliphatic carbocycles. The smallest absolute Gasteiger partial charge is 0.196 e. The van der Waals surface area contributed by atoms with Crippen molar-refractivity contribution in [3.8, 4) is 0 Å². The Hall–Kier alpha value is -2.24. The first-order valence-corrected chi connectivity index (χ1v) is 6.22. The average molecular weight is 281 g/mol. The fourth-order valence-electron chi connectivity index (χ4n) is 1.64. The molecule has 0 fully saturated rings. The SMILES string of the molecule is CCCNc1cc(Nc2ccc(F)c(F)c2F)ccn1. The van der Waals surface area contributed by atoms with Crippen molar-refractivity contribution in [2.24, 2.45) is 0 Å². The molecule has 2 aromatic rings. The standard InChI is InChI=1S/C14H14F3N3/c1-2-6-18-12-8-9(5-7-19-12)20-11-4-3-10(15)13(16)14(11)17/h3-5,7-8H,2,6H2,1H3,(H2,18,19,20). The van der Waals surface area contributed by atoms with Crippen LogP contribution in [0.3, 0.4) is 0 Å². The summed E-state index contributed by atoms with van der Waals surface area (Å²) < 4.78 is 39.5. The van der Waals surface area contributed by atoms with Crippen molar-refractivity contribution in [2.45, 2.75) is 13.3 Å². The van der Waals surface area contributed by atoms with Crippen LogP contribution in [0.1, 0.15) is 13.3 Å². The van der Waals surface area contributed by atoms with Gasteiger partial charge in [0.15, 0.2) is 17.5 Å². The van der Waals surface area contributed by atoms with Gasteiger partial charge in [0, 0.05) is 24.5 Å². The monoisotopic (exact) mass is 281 g/mol. The number of rotatable bonds is 5. The lowest BCUT2D eigenvalue weighted by Gasteiger charge is -2.10. The fraction of sp³-hybridized carbons (Fsp3) is 0.214. The normalized spacial score (nSPS) is 10.4. The zero-order valence-electron chi connectivity index (χ0n) is 10.9. The molecule has 106 valence electrons. The summed E-state index contributed by atoms with van der Waals surface area (Å²) in [5.74, 6) is -3.33. The van der Waals surface area contributed by atoms with Gasteiger partial charge in [-0.2, -0.15) is 0 Å². The zero-order valence-corrected chi connectivity index (χ0v) is 10.9. The number of hydrogen-bond acceptors (Lipinski definition) is 3. The molecule has 0 bridgehead atoms. The molecule has 0 atom stereocenters. The Morgan fingerprint density at radius 2 is 1.90 bits per heavy atom. The molecule has 2 N–H and O–H groups in total. The van der Waals surface area contributed by atoms with Crippen molar-refractivity contribution in [3.05, 3.63) is 47.9 Å². The highest BCUT2D eigenvalue weighted by Crippen LogP contribution is 2.24. The predicted octanol–water partition coefficient (Wildman–Crippen LogP) is 4.06. The van der Waals surface area contributed by atoms with E-state index in [-0.39, 0.29) is 5.69 Å². The maximum absolute atomic E-state index is 13.5. The van der Waals surface area contributed by atoms with Gasteiger partial charge in [0.25, 0.3) is 0 Å². The summed E-state index contributed by atoms with van der Waals surface area (Å²) >= 11 is 0. The third kappa shape index (κ3) is 3.20. The predicted molar refractivity (Wildman–Crippen MR) is 72.6 cm³/mol. The second-order valence-electron chi connectivity index (χ2n) is 4.20. The molecule has 0 amide bonds. The van der Waals surface area contributed by atoms with E-state index in [1.807, 2.05) is 6.92 Å². The summed E-state index contributed by atoms with van der Waals surface area (Å²) in [5.41, 5.74) is 0.403. The fourth-order valence-corrected chi connectivity index (χ4v) is 1.64. The van der Waals surface area contributed by atoms with E-state index in [4.69, 9.17) is 0 Å². The lowest BCUT2D eigenvalue weighted by molar-refractivity contribution is 0.449. The zero-order chi connectivity index (χ0) is 14.5. The van der Waals surface area contributed by atoms with E-state index in [0.29, 0.717) is 11.5 Å². The quantitative estimate of drug-likeness (QED) is 0.811. The summed E-state index contributed by atoms with van der Waals surface area (Å²) in [6.07, 6.45) is 2.48. The van der Waals surface area contributed by atoms with Crippen LogP contribution >= 0.6 is 0 Å². The minimum atomic E-state index is -1.49. The van der Waals surface area contributed by atoms with E-state index in [9.17, 15) is 13.2 Å². The molecule has 6 heteroatoms. The number of halogens is 3. The first-order chi connectivity index (χ1) is 9.61. The van der Waals surface area contributed by atoms with Gasteiger partial charge in [-0.25, -0.2) is 18.2 Å². The van der Waals surface area contributed by atoms with Crippen LogP contribution in [-0.4, -0.2) is 11.5 Å². The Labute approximate surface area is 114 Å². The number of nitrogens with one attached hydrogen (secondary N) is 2. The maximum Gasteiger partial charge on any atom is 0.196 e. The Morgan fingerprint density at radius 1 is 1.10 bits per heavy atom. The number of hydrogen-bond donors (Lipinski definition) is 2. The van der Waals surface area contributed by atoms with E-state index in [1.54, 1.807) is 12.1 Å². The molecule has 0 spiro atoms. The van der Waals surface area contributed by atoms with Crippen molar-refractivity contribution in [1.29, 1.82) is 0 Å². The second kappa shape index (κ2) is 6.27. The molecule has 0 aliphatic heterocycles. The molecule has 20 heavy (non-hydrogen) atoms. The minimum Gasteiger partial charge on any atom is -0.370 e. The van der Waals surface area contributed by atoms with Crippen LogP contribution in [0.15, 0.2) is 30.5 Å². The number of anilines is 3. The van der Waals surface area contributed by atoms with E-state index in [1.165, 1.54) is 6.20 Å². The average Bonchev–Trinajstić information content (AvgIpc) is 2.46. The number of pyridine rings is 1. The van der Waals surface area contributed by atoms with Gasteiger partial charge in [-0.05, 0) is 24.6 Å². The van der Waals surface area contributed by atoms with E-state index >= 15 is 0 Å². The van der Waals surface area contributed by atoms with Gasteiger partial charge in [0.1, 0.15) is 5.82 Å². The van der Waals surface area contributed by atoms with Crippen LogP contribution in [0.25, 0.3) is 0 Å². The van der Waals surface area contributed by atoms with Gasteiger partial charge in [-0.1, -0.05) is 6.92 Å². The number of nitrogens with zero attached hydrogens (tertiary/aromatic N) is 1. The lowest BCUT2D eigenvalue weighted by atomic mass is 10.2. The summed E-state index contributed by atoms with van der Waals surface area (Å²) in [4.78, 5) is 4.09. The topological polar surface area (TPSA) is 37.0 Å². The molecule has 3 nitrogen and oxygen atoms in total. The molecule has 1 heterocycles. The Balaban J connectivity index is 2.20. The van der Waals surface area contributed by atoms with Gasteiger partial charge in [-0.3, -0.25) is 0 Å². The number of aromatic nitrogens is 1. The Morgan fingerprint density at radius 3 is 2.65 bits per heavy atom. The van der Waals surface area contributed by atoms with Gasteiger partial charge >= 0.3 is 0 Å². The summed E-state index contributed by atoms with van der Waals surface area (Å²) in [6.45, 7) is 2.78. The summed E-state index contributed by atoms with van der Waals surface area (Å²) in [6, 6.07) is 5.29. The maximum atomic E-state index is 13.5. The highest BCUT2D eigenvalue weighted by Gasteiger charge is 2.13. The highest BCUT2D eigenvalue weighted by molar-refractivity contribution is 5.63. The van der Waals surface area contributed by atoms with E-state index in [0.717, 1.165) is 25.1 Å². The van der Waals surface area contributed by atoms with E-state index in [2.05, 4.69) is 15.6 Å². The van der Waals surface area contributed by atoms with Crippen LogP contribution in [0, 0.1) is 17.5 Å². The summed E-state index contributed by atoms with van der Waals surface area (Å²) in [5, 5.41) is 5.77. The van der Waals surface area contributed by atoms with Crippen molar-refractivity contribution in [1.82, 2.24) is 4.98 Å². The van der Waals surface area contributed by atoms with Crippen LogP contribution in [0.2, 0.25) is 0 Å². The van der Waals surface area contributed by atoms with Crippen LogP contribution in [0.5, 0.6) is 0 Å². The third-order valence-corrected chi connectivity index (χ3v) is 2.63. The van der Waals surface area contributed by atoms with Crippen molar-refractivity contribution >= 4 is 17.2 Å². The lowest BCUT2D eigenvalue weighted by Crippen LogP contribution is -2.03. The molecule has 0 aliphatic rings. The van der Waals surface area contributed by atoms with Gasteiger partial charge in [-0.15, -0.1) is 0 Å². The number of benzene rings is 1. The van der Waals surface area contributed by atoms with Gasteiger partial charge < -0.3 is 10.6 Å². The first-order valence-electron chi connectivity index (χ1n) is 6.22. The first kappa shape index (κ1) is 14.2. The second-order valence-corrected chi connectivity index (χ2v) is 4.20. The molecular weight excluding hydrogens is 267 g/mol.